The maximum atomic E-state index is 14.7. The summed E-state index contributed by atoms with van der Waals surface area (Å²) in [6, 6.07) is 14.3. The highest BCUT2D eigenvalue weighted by molar-refractivity contribution is 5.94. The number of nitrogens with zero attached hydrogens (tertiary/aromatic N) is 4. The van der Waals surface area contributed by atoms with Gasteiger partial charge in [-0.15, -0.1) is 0 Å². The van der Waals surface area contributed by atoms with E-state index in [1.54, 1.807) is 6.20 Å². The number of piperazine rings is 1. The van der Waals surface area contributed by atoms with Crippen molar-refractivity contribution in [3.05, 3.63) is 82.9 Å². The average molecular weight is 553 g/mol. The molecule has 1 atom stereocenters. The van der Waals surface area contributed by atoms with Crippen molar-refractivity contribution in [2.24, 2.45) is 0 Å². The molecule has 210 valence electrons. The van der Waals surface area contributed by atoms with E-state index in [4.69, 9.17) is 14.7 Å². The topological polar surface area (TPSA) is 92.3 Å². The van der Waals surface area contributed by atoms with Crippen molar-refractivity contribution in [3.63, 3.8) is 0 Å². The molecule has 1 unspecified atom stereocenters. The van der Waals surface area contributed by atoms with Crippen LogP contribution in [0.4, 0.5) is 10.2 Å². The molecule has 1 saturated carbocycles. The number of nitrogens with one attached hydrogen (secondary N) is 2. The van der Waals surface area contributed by atoms with E-state index < -0.39 is 0 Å². The first-order valence-corrected chi connectivity index (χ1v) is 14.4. The second kappa shape index (κ2) is 10.5. The molecule has 3 aliphatic rings. The number of ether oxygens (including phenoxy) is 1. The van der Waals surface area contributed by atoms with Crippen LogP contribution in [0.3, 0.4) is 0 Å². The number of aryl methyl sites for hydroxylation is 1. The summed E-state index contributed by atoms with van der Waals surface area (Å²) in [5, 5.41) is 7.43. The number of hydrogen-bond donors (Lipinski definition) is 2. The summed E-state index contributed by atoms with van der Waals surface area (Å²) in [5.74, 6) is 0.156. The maximum absolute atomic E-state index is 14.7. The van der Waals surface area contributed by atoms with E-state index in [9.17, 15) is 9.18 Å². The van der Waals surface area contributed by atoms with Crippen molar-refractivity contribution in [3.8, 4) is 11.4 Å². The van der Waals surface area contributed by atoms with Gasteiger partial charge in [0.15, 0.2) is 0 Å². The number of aromatic nitrogens is 3. The number of anilines is 1. The van der Waals surface area contributed by atoms with Gasteiger partial charge in [-0.1, -0.05) is 6.07 Å². The molecule has 5 heterocycles. The molecule has 3 aromatic heterocycles. The number of rotatable bonds is 6. The van der Waals surface area contributed by atoms with E-state index in [-0.39, 0.29) is 29.9 Å². The number of carbonyl (C=O) groups excluding carboxylic acids is 1. The first kappa shape index (κ1) is 26.0. The molecule has 0 bridgehead atoms. The van der Waals surface area contributed by atoms with Gasteiger partial charge < -0.3 is 20.3 Å². The first-order chi connectivity index (χ1) is 19.9. The molecule has 2 N–H and O–H groups in total. The lowest BCUT2D eigenvalue weighted by Gasteiger charge is -2.35. The number of halogens is 1. The minimum Gasteiger partial charge on any atom is -0.374 e. The molecule has 3 fully saturated rings. The maximum Gasteiger partial charge on any atom is 0.251 e. The molecule has 1 aromatic carbocycles. The molecule has 4 aromatic rings. The second-order valence-corrected chi connectivity index (χ2v) is 11.5. The predicted molar refractivity (Wildman–Crippen MR) is 155 cm³/mol. The van der Waals surface area contributed by atoms with Gasteiger partial charge >= 0.3 is 0 Å². The smallest absolute Gasteiger partial charge is 0.251 e. The van der Waals surface area contributed by atoms with Gasteiger partial charge in [-0.25, -0.2) is 14.4 Å². The molecule has 2 aliphatic heterocycles. The number of amides is 1. The molecule has 9 heteroatoms. The Balaban J connectivity index is 1.09. The molecule has 41 heavy (non-hydrogen) atoms. The summed E-state index contributed by atoms with van der Waals surface area (Å²) in [6.45, 7) is 5.57. The Morgan fingerprint density at radius 2 is 2.05 bits per heavy atom. The van der Waals surface area contributed by atoms with Crippen LogP contribution in [0.5, 0.6) is 0 Å². The summed E-state index contributed by atoms with van der Waals surface area (Å²) in [6.07, 6.45) is 6.12. The van der Waals surface area contributed by atoms with Crippen LogP contribution in [0.2, 0.25) is 0 Å². The molecular weight excluding hydrogens is 519 g/mol. The van der Waals surface area contributed by atoms with E-state index in [2.05, 4.69) is 20.5 Å². The van der Waals surface area contributed by atoms with Crippen LogP contribution in [0.15, 0.2) is 54.7 Å². The molecule has 1 amide bonds. The number of benzene rings is 1. The number of carbonyl (C=O) groups is 1. The summed E-state index contributed by atoms with van der Waals surface area (Å²) in [5.41, 5.74) is 5.47. The van der Waals surface area contributed by atoms with Gasteiger partial charge in [0.05, 0.1) is 35.2 Å². The standard InChI is InChI=1S/C32H33FN6O2/c1-20-4-5-21(13-25(20)29-3-2-12-41-29)31(40)35-18-24-16-27-22(17-34-24)6-7-26(37-27)28-14-23(33)15-30(38-28)39-11-10-36-32(19-39)8-9-32/h4-7,13-17,29,36H,2-3,8-12,18-19H2,1H3,(H,35,40). The van der Waals surface area contributed by atoms with Gasteiger partial charge in [0.1, 0.15) is 11.6 Å². The Morgan fingerprint density at radius 1 is 1.15 bits per heavy atom. The highest BCUT2D eigenvalue weighted by atomic mass is 19.1. The van der Waals surface area contributed by atoms with Crippen molar-refractivity contribution in [1.82, 2.24) is 25.6 Å². The van der Waals surface area contributed by atoms with Crippen LogP contribution in [0.25, 0.3) is 22.3 Å². The zero-order valence-corrected chi connectivity index (χ0v) is 23.1. The van der Waals surface area contributed by atoms with E-state index in [0.29, 0.717) is 34.0 Å². The summed E-state index contributed by atoms with van der Waals surface area (Å²) < 4.78 is 20.6. The predicted octanol–water partition coefficient (Wildman–Crippen LogP) is 4.86. The third kappa shape index (κ3) is 5.39. The lowest BCUT2D eigenvalue weighted by Crippen LogP contribution is -2.52. The Labute approximate surface area is 238 Å². The zero-order valence-electron chi connectivity index (χ0n) is 23.1. The van der Waals surface area contributed by atoms with Gasteiger partial charge in [-0.3, -0.25) is 9.78 Å². The highest BCUT2D eigenvalue weighted by Gasteiger charge is 2.45. The minimum absolute atomic E-state index is 0.0560. The fraction of sp³-hybridized carbons (Fsp3) is 0.375. The van der Waals surface area contributed by atoms with Crippen LogP contribution in [-0.2, 0) is 11.3 Å². The third-order valence-electron chi connectivity index (χ3n) is 8.47. The summed E-state index contributed by atoms with van der Waals surface area (Å²) >= 11 is 0. The van der Waals surface area contributed by atoms with Crippen molar-refractivity contribution in [1.29, 1.82) is 0 Å². The normalized spacial score (nSPS) is 19.6. The summed E-state index contributed by atoms with van der Waals surface area (Å²) in [4.78, 5) is 29.3. The fourth-order valence-electron chi connectivity index (χ4n) is 5.94. The van der Waals surface area contributed by atoms with Crippen molar-refractivity contribution in [2.75, 3.05) is 31.1 Å². The Kier molecular flexibility index (Phi) is 6.63. The van der Waals surface area contributed by atoms with Gasteiger partial charge in [0.2, 0.25) is 0 Å². The SMILES string of the molecule is Cc1ccc(C(=O)NCc2cc3nc(-c4cc(F)cc(N5CCNC6(CC6)C5)n4)ccc3cn2)cc1C1CCCO1. The molecule has 8 nitrogen and oxygen atoms in total. The zero-order chi connectivity index (χ0) is 28.0. The lowest BCUT2D eigenvalue weighted by atomic mass is 9.98. The lowest BCUT2D eigenvalue weighted by molar-refractivity contribution is 0.0948. The molecule has 0 radical (unpaired) electrons. The second-order valence-electron chi connectivity index (χ2n) is 11.5. The number of pyridine rings is 3. The average Bonchev–Trinajstić information content (AvgIpc) is 3.49. The molecular formula is C32H33FN6O2. The Hall–Kier alpha value is -3.95. The van der Waals surface area contributed by atoms with Crippen LogP contribution in [-0.4, -0.2) is 52.6 Å². The largest absolute Gasteiger partial charge is 0.374 e. The van der Waals surface area contributed by atoms with Gasteiger partial charge in [-0.05, 0) is 74.1 Å². The van der Waals surface area contributed by atoms with E-state index in [1.165, 1.54) is 12.1 Å². The van der Waals surface area contributed by atoms with Gasteiger partial charge in [0.25, 0.3) is 5.91 Å². The molecule has 1 aliphatic carbocycles. The molecule has 7 rings (SSSR count). The van der Waals surface area contributed by atoms with Gasteiger partial charge in [-0.2, -0.15) is 0 Å². The van der Waals surface area contributed by atoms with E-state index in [1.807, 2.05) is 43.3 Å². The fourth-order valence-corrected chi connectivity index (χ4v) is 5.94. The van der Waals surface area contributed by atoms with Crippen molar-refractivity contribution >= 4 is 22.6 Å². The van der Waals surface area contributed by atoms with Crippen LogP contribution in [0, 0.1) is 12.7 Å². The third-order valence-corrected chi connectivity index (χ3v) is 8.47. The Morgan fingerprint density at radius 3 is 2.88 bits per heavy atom. The minimum atomic E-state index is -0.327. The molecule has 2 saturated heterocycles. The number of hydrogen-bond acceptors (Lipinski definition) is 7. The monoisotopic (exact) mass is 552 g/mol. The first-order valence-electron chi connectivity index (χ1n) is 14.4. The van der Waals surface area contributed by atoms with Crippen molar-refractivity contribution in [2.45, 2.75) is 50.8 Å². The van der Waals surface area contributed by atoms with Gasteiger partial charge in [0, 0.05) is 61.1 Å². The quantitative estimate of drug-likeness (QED) is 0.353. The van der Waals surface area contributed by atoms with E-state index in [0.717, 1.165) is 68.4 Å². The van der Waals surface area contributed by atoms with Crippen LogP contribution >= 0.6 is 0 Å². The van der Waals surface area contributed by atoms with Crippen LogP contribution in [0.1, 0.15) is 59.0 Å². The number of fused-ring (bicyclic) bond motifs is 1. The van der Waals surface area contributed by atoms with Crippen molar-refractivity contribution < 1.29 is 13.9 Å². The van der Waals surface area contributed by atoms with E-state index >= 15 is 0 Å². The molecule has 1 spiro atoms. The van der Waals surface area contributed by atoms with Crippen LogP contribution < -0.4 is 15.5 Å². The highest BCUT2D eigenvalue weighted by Crippen LogP contribution is 2.39. The summed E-state index contributed by atoms with van der Waals surface area (Å²) in [7, 11) is 0. The Bertz CT molecular complexity index is 1630.